The molecule has 0 amide bonds. The Bertz CT molecular complexity index is 504. The van der Waals surface area contributed by atoms with Gasteiger partial charge in [-0.15, -0.1) is 0 Å². The molecule has 0 saturated carbocycles. The number of fused-ring (bicyclic) bond motifs is 1. The van der Waals surface area contributed by atoms with Crippen molar-refractivity contribution in [3.63, 3.8) is 0 Å². The molecule has 0 aliphatic carbocycles. The maximum atomic E-state index is 13.3. The summed E-state index contributed by atoms with van der Waals surface area (Å²) >= 11 is 0. The highest BCUT2D eigenvalue weighted by Crippen LogP contribution is 2.23. The van der Waals surface area contributed by atoms with Gasteiger partial charge >= 0.3 is 0 Å². The molecule has 0 saturated heterocycles. The quantitative estimate of drug-likeness (QED) is 0.725. The van der Waals surface area contributed by atoms with Crippen LogP contribution in [0.4, 0.5) is 4.39 Å². The third-order valence-electron chi connectivity index (χ3n) is 3.06. The number of rotatable bonds is 5. The van der Waals surface area contributed by atoms with Crippen molar-refractivity contribution < 1.29 is 9.13 Å². The summed E-state index contributed by atoms with van der Waals surface area (Å²) in [6, 6.07) is 5.01. The minimum atomic E-state index is -0.175. The zero-order chi connectivity index (χ0) is 12.3. The van der Waals surface area contributed by atoms with Crippen LogP contribution < -0.4 is 0 Å². The molecule has 3 heteroatoms. The van der Waals surface area contributed by atoms with Crippen LogP contribution in [0.5, 0.6) is 0 Å². The number of hydrogen-bond donors (Lipinski definition) is 0. The van der Waals surface area contributed by atoms with E-state index in [0.29, 0.717) is 0 Å². The van der Waals surface area contributed by atoms with Gasteiger partial charge < -0.3 is 9.30 Å². The first-order valence-electron chi connectivity index (χ1n) is 6.02. The van der Waals surface area contributed by atoms with Gasteiger partial charge in [-0.3, -0.25) is 0 Å². The van der Waals surface area contributed by atoms with Crippen molar-refractivity contribution in [2.24, 2.45) is 0 Å². The van der Waals surface area contributed by atoms with Gasteiger partial charge in [0.2, 0.25) is 0 Å². The zero-order valence-electron chi connectivity index (χ0n) is 10.4. The summed E-state index contributed by atoms with van der Waals surface area (Å²) in [4.78, 5) is 0. The molecule has 17 heavy (non-hydrogen) atoms. The van der Waals surface area contributed by atoms with Crippen molar-refractivity contribution in [1.82, 2.24) is 4.57 Å². The van der Waals surface area contributed by atoms with Gasteiger partial charge in [-0.2, -0.15) is 0 Å². The fourth-order valence-corrected chi connectivity index (χ4v) is 2.19. The fraction of sp³-hybridized carbons (Fsp3) is 0.429. The SMILES string of the molecule is CCc1cn(CCCOC)c2cc(F)ccc12. The third kappa shape index (κ3) is 2.50. The Labute approximate surface area is 101 Å². The number of benzene rings is 1. The second-order valence-corrected chi connectivity index (χ2v) is 4.21. The van der Waals surface area contributed by atoms with E-state index in [2.05, 4.69) is 17.7 Å². The van der Waals surface area contributed by atoms with E-state index in [1.165, 1.54) is 11.6 Å². The molecule has 0 atom stereocenters. The number of hydrogen-bond acceptors (Lipinski definition) is 1. The van der Waals surface area contributed by atoms with Gasteiger partial charge in [-0.25, -0.2) is 4.39 Å². The fourth-order valence-electron chi connectivity index (χ4n) is 2.19. The largest absolute Gasteiger partial charge is 0.385 e. The maximum Gasteiger partial charge on any atom is 0.125 e. The van der Waals surface area contributed by atoms with Crippen molar-refractivity contribution in [3.05, 3.63) is 35.8 Å². The normalized spacial score (nSPS) is 11.2. The van der Waals surface area contributed by atoms with Crippen molar-refractivity contribution in [1.29, 1.82) is 0 Å². The highest BCUT2D eigenvalue weighted by Gasteiger charge is 2.07. The first kappa shape index (κ1) is 12.1. The van der Waals surface area contributed by atoms with Crippen LogP contribution in [0, 0.1) is 5.82 Å². The van der Waals surface area contributed by atoms with Crippen LogP contribution >= 0.6 is 0 Å². The van der Waals surface area contributed by atoms with E-state index >= 15 is 0 Å². The molecule has 0 bridgehead atoms. The van der Waals surface area contributed by atoms with E-state index in [0.717, 1.165) is 36.9 Å². The van der Waals surface area contributed by atoms with Crippen molar-refractivity contribution in [3.8, 4) is 0 Å². The van der Waals surface area contributed by atoms with Crippen molar-refractivity contribution in [2.45, 2.75) is 26.3 Å². The molecule has 0 N–H and O–H groups in total. The molecule has 1 heterocycles. The topological polar surface area (TPSA) is 14.2 Å². The Morgan fingerprint density at radius 3 is 2.88 bits per heavy atom. The molecule has 1 aromatic carbocycles. The summed E-state index contributed by atoms with van der Waals surface area (Å²) < 4.78 is 20.4. The Morgan fingerprint density at radius 1 is 1.35 bits per heavy atom. The Kier molecular flexibility index (Phi) is 3.79. The highest BCUT2D eigenvalue weighted by molar-refractivity contribution is 5.84. The minimum Gasteiger partial charge on any atom is -0.385 e. The number of aromatic nitrogens is 1. The standard InChI is InChI=1S/C14H18FNO/c1-3-11-10-16(7-4-8-17-2)14-9-12(15)5-6-13(11)14/h5-6,9-10H,3-4,7-8H2,1-2H3. The van der Waals surface area contributed by atoms with Gasteiger partial charge in [0.15, 0.2) is 0 Å². The van der Waals surface area contributed by atoms with E-state index in [1.54, 1.807) is 13.2 Å². The smallest absolute Gasteiger partial charge is 0.125 e. The van der Waals surface area contributed by atoms with Crippen LogP contribution in [0.1, 0.15) is 18.9 Å². The van der Waals surface area contributed by atoms with Gasteiger partial charge in [0, 0.05) is 31.8 Å². The summed E-state index contributed by atoms with van der Waals surface area (Å²) in [5.74, 6) is -0.175. The molecule has 1 aromatic heterocycles. The molecule has 0 radical (unpaired) electrons. The highest BCUT2D eigenvalue weighted by atomic mass is 19.1. The van der Waals surface area contributed by atoms with Gasteiger partial charge in [0.1, 0.15) is 5.82 Å². The van der Waals surface area contributed by atoms with Crippen molar-refractivity contribution in [2.75, 3.05) is 13.7 Å². The molecular weight excluding hydrogens is 217 g/mol. The van der Waals surface area contributed by atoms with E-state index in [-0.39, 0.29) is 5.82 Å². The lowest BCUT2D eigenvalue weighted by Gasteiger charge is -2.04. The maximum absolute atomic E-state index is 13.3. The Morgan fingerprint density at radius 2 is 2.18 bits per heavy atom. The molecule has 0 aliphatic heterocycles. The molecular formula is C14H18FNO. The molecule has 92 valence electrons. The third-order valence-corrected chi connectivity index (χ3v) is 3.06. The van der Waals surface area contributed by atoms with E-state index in [4.69, 9.17) is 4.74 Å². The van der Waals surface area contributed by atoms with Crippen LogP contribution in [-0.4, -0.2) is 18.3 Å². The summed E-state index contributed by atoms with van der Waals surface area (Å²) in [5.41, 5.74) is 2.26. The predicted octanol–water partition coefficient (Wildman–Crippen LogP) is 3.38. The average Bonchev–Trinajstić information content (AvgIpc) is 2.67. The first-order chi connectivity index (χ1) is 8.26. The van der Waals surface area contributed by atoms with Crippen LogP contribution in [0.3, 0.4) is 0 Å². The number of halogens is 1. The predicted molar refractivity (Wildman–Crippen MR) is 67.8 cm³/mol. The number of aryl methyl sites for hydroxylation is 2. The van der Waals surface area contributed by atoms with Crippen LogP contribution in [-0.2, 0) is 17.7 Å². The number of ether oxygens (including phenoxy) is 1. The summed E-state index contributed by atoms with van der Waals surface area (Å²) in [6.45, 7) is 3.72. The summed E-state index contributed by atoms with van der Waals surface area (Å²) in [6.07, 6.45) is 4.04. The van der Waals surface area contributed by atoms with Gasteiger partial charge in [-0.05, 0) is 36.6 Å². The monoisotopic (exact) mass is 235 g/mol. The summed E-state index contributed by atoms with van der Waals surface area (Å²) in [5, 5.41) is 1.16. The van der Waals surface area contributed by atoms with Crippen LogP contribution in [0.2, 0.25) is 0 Å². The molecule has 2 aromatic rings. The van der Waals surface area contributed by atoms with Crippen LogP contribution in [0.15, 0.2) is 24.4 Å². The lowest BCUT2D eigenvalue weighted by Crippen LogP contribution is -2.00. The number of methoxy groups -OCH3 is 1. The average molecular weight is 235 g/mol. The van der Waals surface area contributed by atoms with Gasteiger partial charge in [0.05, 0.1) is 5.52 Å². The molecule has 0 unspecified atom stereocenters. The second-order valence-electron chi connectivity index (χ2n) is 4.21. The molecule has 2 nitrogen and oxygen atoms in total. The summed E-state index contributed by atoms with van der Waals surface area (Å²) in [7, 11) is 1.70. The molecule has 2 rings (SSSR count). The molecule has 0 fully saturated rings. The lowest BCUT2D eigenvalue weighted by atomic mass is 10.1. The second kappa shape index (κ2) is 5.32. The zero-order valence-corrected chi connectivity index (χ0v) is 10.4. The van der Waals surface area contributed by atoms with E-state index in [9.17, 15) is 4.39 Å². The van der Waals surface area contributed by atoms with Crippen molar-refractivity contribution >= 4 is 10.9 Å². The van der Waals surface area contributed by atoms with E-state index in [1.807, 2.05) is 6.07 Å². The Balaban J connectivity index is 2.36. The molecule has 0 aliphatic rings. The van der Waals surface area contributed by atoms with Gasteiger partial charge in [-0.1, -0.05) is 6.92 Å². The van der Waals surface area contributed by atoms with E-state index < -0.39 is 0 Å². The number of nitrogens with zero attached hydrogens (tertiary/aromatic N) is 1. The first-order valence-corrected chi connectivity index (χ1v) is 6.02. The Hall–Kier alpha value is -1.35. The molecule has 0 spiro atoms. The van der Waals surface area contributed by atoms with Gasteiger partial charge in [0.25, 0.3) is 0 Å². The lowest BCUT2D eigenvalue weighted by molar-refractivity contribution is 0.190. The van der Waals surface area contributed by atoms with Crippen LogP contribution in [0.25, 0.3) is 10.9 Å². The minimum absolute atomic E-state index is 0.175.